The molecule has 1 aromatic rings. The van der Waals surface area contributed by atoms with Crippen molar-refractivity contribution in [2.45, 2.75) is 24.8 Å². The van der Waals surface area contributed by atoms with Crippen LogP contribution < -0.4 is 0 Å². The molecule has 0 aromatic heterocycles. The molecular formula is C13H14FNO2. The van der Waals surface area contributed by atoms with Gasteiger partial charge in [0.25, 0.3) is 0 Å². The number of rotatable bonds is 4. The monoisotopic (exact) mass is 235 g/mol. The Morgan fingerprint density at radius 3 is 2.53 bits per heavy atom. The molecule has 0 spiro atoms. The lowest BCUT2D eigenvalue weighted by molar-refractivity contribution is -0.0540. The topological polar surface area (TPSA) is 42.2 Å². The van der Waals surface area contributed by atoms with Crippen molar-refractivity contribution < 1.29 is 13.9 Å². The Bertz CT molecular complexity index is 398. The summed E-state index contributed by atoms with van der Waals surface area (Å²) in [5, 5.41) is 9.01. The third-order valence-electron chi connectivity index (χ3n) is 2.82. The fraction of sp³-hybridized carbons (Fsp3) is 0.462. The van der Waals surface area contributed by atoms with Crippen LogP contribution in [0.1, 0.15) is 18.4 Å². The maximum atomic E-state index is 14.4. The molecule has 1 aliphatic rings. The quantitative estimate of drug-likeness (QED) is 0.805. The second-order valence-electron chi connectivity index (χ2n) is 3.99. The fourth-order valence-electron chi connectivity index (χ4n) is 1.86. The van der Waals surface area contributed by atoms with Crippen LogP contribution in [0.5, 0.6) is 0 Å². The van der Waals surface area contributed by atoms with Crippen LogP contribution in [-0.2, 0) is 15.1 Å². The molecule has 0 amide bonds. The van der Waals surface area contributed by atoms with Gasteiger partial charge in [0.1, 0.15) is 6.07 Å². The minimum Gasteiger partial charge on any atom is -0.350 e. The minimum atomic E-state index is -1.96. The summed E-state index contributed by atoms with van der Waals surface area (Å²) in [4.78, 5) is 0. The summed E-state index contributed by atoms with van der Waals surface area (Å²) in [5.74, 6) is 0. The molecule has 1 aromatic carbocycles. The van der Waals surface area contributed by atoms with E-state index >= 15 is 0 Å². The zero-order valence-electron chi connectivity index (χ0n) is 9.43. The summed E-state index contributed by atoms with van der Waals surface area (Å²) in [7, 11) is 0. The maximum absolute atomic E-state index is 14.4. The van der Waals surface area contributed by atoms with Gasteiger partial charge < -0.3 is 9.47 Å². The Labute approximate surface area is 99.8 Å². The standard InChI is InChI=1S/C13H14FNO2/c14-13(10-15,11-4-2-1-3-5-11)7-6-12-16-8-9-17-12/h1-5,12H,6-9H2. The van der Waals surface area contributed by atoms with Crippen molar-refractivity contribution in [2.75, 3.05) is 13.2 Å². The highest BCUT2D eigenvalue weighted by atomic mass is 19.1. The number of hydrogen-bond acceptors (Lipinski definition) is 3. The fourth-order valence-corrected chi connectivity index (χ4v) is 1.86. The highest BCUT2D eigenvalue weighted by Crippen LogP contribution is 2.31. The molecule has 90 valence electrons. The second-order valence-corrected chi connectivity index (χ2v) is 3.99. The summed E-state index contributed by atoms with van der Waals surface area (Å²) in [6, 6.07) is 10.2. The summed E-state index contributed by atoms with van der Waals surface area (Å²) in [6.45, 7) is 1.09. The van der Waals surface area contributed by atoms with E-state index in [1.54, 1.807) is 36.4 Å². The van der Waals surface area contributed by atoms with E-state index in [9.17, 15) is 4.39 Å². The molecule has 1 aliphatic heterocycles. The lowest BCUT2D eigenvalue weighted by Gasteiger charge is -2.19. The van der Waals surface area contributed by atoms with Crippen LogP contribution in [0, 0.1) is 11.3 Å². The number of nitriles is 1. The molecule has 0 radical (unpaired) electrons. The van der Waals surface area contributed by atoms with Gasteiger partial charge in [0, 0.05) is 18.4 Å². The lowest BCUT2D eigenvalue weighted by Crippen LogP contribution is -2.21. The Hall–Kier alpha value is -1.44. The number of halogens is 1. The molecule has 0 bridgehead atoms. The molecule has 2 rings (SSSR count). The predicted octanol–water partition coefficient (Wildman–Crippen LogP) is 2.53. The van der Waals surface area contributed by atoms with Crippen LogP contribution >= 0.6 is 0 Å². The van der Waals surface area contributed by atoms with Crippen molar-refractivity contribution in [3.63, 3.8) is 0 Å². The van der Waals surface area contributed by atoms with Crippen molar-refractivity contribution >= 4 is 0 Å². The average molecular weight is 235 g/mol. The Kier molecular flexibility index (Phi) is 3.72. The van der Waals surface area contributed by atoms with Gasteiger partial charge in [-0.15, -0.1) is 0 Å². The highest BCUT2D eigenvalue weighted by molar-refractivity contribution is 5.28. The Morgan fingerprint density at radius 1 is 1.29 bits per heavy atom. The first-order valence-corrected chi connectivity index (χ1v) is 5.63. The van der Waals surface area contributed by atoms with Crippen LogP contribution in [0.15, 0.2) is 30.3 Å². The molecule has 1 heterocycles. The van der Waals surface area contributed by atoms with Gasteiger partial charge in [-0.1, -0.05) is 30.3 Å². The third-order valence-corrected chi connectivity index (χ3v) is 2.82. The molecule has 17 heavy (non-hydrogen) atoms. The van der Waals surface area contributed by atoms with E-state index in [1.165, 1.54) is 0 Å². The van der Waals surface area contributed by atoms with Gasteiger partial charge in [-0.25, -0.2) is 4.39 Å². The minimum absolute atomic E-state index is 0.0815. The van der Waals surface area contributed by atoms with Gasteiger partial charge >= 0.3 is 0 Å². The SMILES string of the molecule is N#CC(F)(CCC1OCCO1)c1ccccc1. The van der Waals surface area contributed by atoms with E-state index in [0.717, 1.165) is 0 Å². The zero-order valence-corrected chi connectivity index (χ0v) is 9.43. The summed E-state index contributed by atoms with van der Waals surface area (Å²) in [5.41, 5.74) is -1.57. The van der Waals surface area contributed by atoms with Crippen molar-refractivity contribution in [3.8, 4) is 6.07 Å². The van der Waals surface area contributed by atoms with Crippen LogP contribution in [-0.4, -0.2) is 19.5 Å². The number of benzene rings is 1. The van der Waals surface area contributed by atoms with E-state index in [0.29, 0.717) is 25.2 Å². The number of alkyl halides is 1. The first-order valence-electron chi connectivity index (χ1n) is 5.63. The number of ether oxygens (including phenoxy) is 2. The molecule has 1 atom stereocenters. The first kappa shape index (κ1) is 12.0. The van der Waals surface area contributed by atoms with Gasteiger partial charge in [-0.2, -0.15) is 5.26 Å². The second kappa shape index (κ2) is 5.26. The lowest BCUT2D eigenvalue weighted by atomic mass is 9.92. The first-order chi connectivity index (χ1) is 8.24. The molecule has 4 heteroatoms. The van der Waals surface area contributed by atoms with E-state index in [4.69, 9.17) is 14.7 Å². The van der Waals surface area contributed by atoms with Crippen molar-refractivity contribution in [3.05, 3.63) is 35.9 Å². The van der Waals surface area contributed by atoms with E-state index in [-0.39, 0.29) is 12.7 Å². The number of nitrogens with zero attached hydrogens (tertiary/aromatic N) is 1. The molecule has 0 aliphatic carbocycles. The van der Waals surface area contributed by atoms with Gasteiger partial charge in [0.2, 0.25) is 5.67 Å². The van der Waals surface area contributed by atoms with E-state index in [1.807, 2.05) is 0 Å². The van der Waals surface area contributed by atoms with Gasteiger partial charge in [-0.3, -0.25) is 0 Å². The van der Waals surface area contributed by atoms with Crippen LogP contribution in [0.4, 0.5) is 4.39 Å². The molecule has 1 fully saturated rings. The largest absolute Gasteiger partial charge is 0.350 e. The zero-order chi connectivity index (χ0) is 12.1. The van der Waals surface area contributed by atoms with E-state index in [2.05, 4.69) is 0 Å². The van der Waals surface area contributed by atoms with Gasteiger partial charge in [-0.05, 0) is 0 Å². The molecule has 1 unspecified atom stereocenters. The normalized spacial score (nSPS) is 19.8. The van der Waals surface area contributed by atoms with E-state index < -0.39 is 5.67 Å². The van der Waals surface area contributed by atoms with Gasteiger partial charge in [0.15, 0.2) is 6.29 Å². The Balaban J connectivity index is 2.02. The van der Waals surface area contributed by atoms with Crippen molar-refractivity contribution in [1.29, 1.82) is 5.26 Å². The molecule has 1 saturated heterocycles. The summed E-state index contributed by atoms with van der Waals surface area (Å²) >= 11 is 0. The van der Waals surface area contributed by atoms with Crippen LogP contribution in [0.3, 0.4) is 0 Å². The predicted molar refractivity (Wildman–Crippen MR) is 59.8 cm³/mol. The summed E-state index contributed by atoms with van der Waals surface area (Å²) < 4.78 is 24.9. The third kappa shape index (κ3) is 2.82. The maximum Gasteiger partial charge on any atom is 0.221 e. The smallest absolute Gasteiger partial charge is 0.221 e. The average Bonchev–Trinajstić information content (AvgIpc) is 2.90. The van der Waals surface area contributed by atoms with Crippen LogP contribution in [0.2, 0.25) is 0 Å². The molecule has 0 N–H and O–H groups in total. The molecule has 0 saturated carbocycles. The van der Waals surface area contributed by atoms with Gasteiger partial charge in [0.05, 0.1) is 13.2 Å². The molecular weight excluding hydrogens is 221 g/mol. The van der Waals surface area contributed by atoms with Crippen molar-refractivity contribution in [1.82, 2.24) is 0 Å². The summed E-state index contributed by atoms with van der Waals surface area (Å²) in [6.07, 6.45) is 0.0964. The highest BCUT2D eigenvalue weighted by Gasteiger charge is 2.33. The Morgan fingerprint density at radius 2 is 1.94 bits per heavy atom. The van der Waals surface area contributed by atoms with Crippen LogP contribution in [0.25, 0.3) is 0 Å². The van der Waals surface area contributed by atoms with Crippen molar-refractivity contribution in [2.24, 2.45) is 0 Å². The molecule has 3 nitrogen and oxygen atoms in total. The number of hydrogen-bond donors (Lipinski definition) is 0.